The number of piperidine rings is 1. The standard InChI is InChI=1S/C21H29FN2O2S/c22-18-5-7-19(8-6-18)27-16-11-20(25)23-14-9-17(10-15-23)21(26)24-12-3-1-2-4-13-24/h5-8,17H,1-4,9-16H2. The van der Waals surface area contributed by atoms with Gasteiger partial charge in [0.05, 0.1) is 0 Å². The van der Waals surface area contributed by atoms with E-state index in [0.717, 1.165) is 43.7 Å². The minimum atomic E-state index is -0.243. The van der Waals surface area contributed by atoms with Crippen molar-refractivity contribution in [1.29, 1.82) is 0 Å². The molecule has 148 valence electrons. The van der Waals surface area contributed by atoms with E-state index in [2.05, 4.69) is 4.90 Å². The number of likely N-dealkylation sites (tertiary alicyclic amines) is 2. The fourth-order valence-corrected chi connectivity index (χ4v) is 4.71. The summed E-state index contributed by atoms with van der Waals surface area (Å²) >= 11 is 1.57. The molecule has 27 heavy (non-hydrogen) atoms. The summed E-state index contributed by atoms with van der Waals surface area (Å²) in [6.45, 7) is 3.17. The lowest BCUT2D eigenvalue weighted by Crippen LogP contribution is -2.44. The number of halogens is 1. The van der Waals surface area contributed by atoms with Gasteiger partial charge in [-0.15, -0.1) is 11.8 Å². The quantitative estimate of drug-likeness (QED) is 0.713. The van der Waals surface area contributed by atoms with Gasteiger partial charge in [-0.3, -0.25) is 9.59 Å². The predicted molar refractivity (Wildman–Crippen MR) is 106 cm³/mol. The molecule has 0 saturated carbocycles. The zero-order valence-corrected chi connectivity index (χ0v) is 16.7. The molecule has 6 heteroatoms. The second kappa shape index (κ2) is 10.1. The third kappa shape index (κ3) is 5.96. The van der Waals surface area contributed by atoms with Crippen molar-refractivity contribution in [3.8, 4) is 0 Å². The van der Waals surface area contributed by atoms with E-state index in [4.69, 9.17) is 0 Å². The Morgan fingerprint density at radius 2 is 1.56 bits per heavy atom. The monoisotopic (exact) mass is 392 g/mol. The van der Waals surface area contributed by atoms with Crippen LogP contribution in [-0.2, 0) is 9.59 Å². The van der Waals surface area contributed by atoms with E-state index in [1.54, 1.807) is 23.9 Å². The fourth-order valence-electron chi connectivity index (χ4n) is 3.87. The molecule has 2 fully saturated rings. The third-order valence-electron chi connectivity index (χ3n) is 5.51. The molecule has 0 aromatic heterocycles. The molecule has 2 aliphatic heterocycles. The van der Waals surface area contributed by atoms with Crippen molar-refractivity contribution in [2.24, 2.45) is 5.92 Å². The van der Waals surface area contributed by atoms with Crippen molar-refractivity contribution in [3.63, 3.8) is 0 Å². The first kappa shape index (κ1) is 20.2. The van der Waals surface area contributed by atoms with E-state index in [1.807, 2.05) is 4.90 Å². The summed E-state index contributed by atoms with van der Waals surface area (Å²) in [6, 6.07) is 6.36. The lowest BCUT2D eigenvalue weighted by atomic mass is 9.95. The topological polar surface area (TPSA) is 40.6 Å². The maximum atomic E-state index is 12.9. The number of thioether (sulfide) groups is 1. The third-order valence-corrected chi connectivity index (χ3v) is 6.53. The molecule has 0 N–H and O–H groups in total. The van der Waals surface area contributed by atoms with E-state index in [-0.39, 0.29) is 17.6 Å². The van der Waals surface area contributed by atoms with Crippen molar-refractivity contribution in [2.75, 3.05) is 31.9 Å². The van der Waals surface area contributed by atoms with E-state index in [9.17, 15) is 14.0 Å². The van der Waals surface area contributed by atoms with Crippen molar-refractivity contribution in [3.05, 3.63) is 30.1 Å². The van der Waals surface area contributed by atoms with Crippen molar-refractivity contribution >= 4 is 23.6 Å². The summed E-state index contributed by atoms with van der Waals surface area (Å²) in [5.74, 6) is 0.992. The summed E-state index contributed by atoms with van der Waals surface area (Å²) in [5.41, 5.74) is 0. The van der Waals surface area contributed by atoms with Crippen LogP contribution in [-0.4, -0.2) is 53.5 Å². The Morgan fingerprint density at radius 1 is 0.926 bits per heavy atom. The molecule has 0 spiro atoms. The molecule has 0 radical (unpaired) electrons. The minimum Gasteiger partial charge on any atom is -0.343 e. The number of carbonyl (C=O) groups is 2. The zero-order chi connectivity index (χ0) is 19.1. The normalized spacial score (nSPS) is 19.0. The molecular weight excluding hydrogens is 363 g/mol. The van der Waals surface area contributed by atoms with Gasteiger partial charge in [-0.25, -0.2) is 4.39 Å². The Kier molecular flexibility index (Phi) is 7.56. The minimum absolute atomic E-state index is 0.0840. The summed E-state index contributed by atoms with van der Waals surface area (Å²) < 4.78 is 12.9. The number of nitrogens with zero attached hydrogens (tertiary/aromatic N) is 2. The van der Waals surface area contributed by atoms with Gasteiger partial charge in [-0.05, 0) is 49.9 Å². The summed E-state index contributed by atoms with van der Waals surface area (Å²) in [7, 11) is 0. The van der Waals surface area contributed by atoms with Crippen LogP contribution in [0.15, 0.2) is 29.2 Å². The van der Waals surface area contributed by atoms with Gasteiger partial charge in [-0.2, -0.15) is 0 Å². The van der Waals surface area contributed by atoms with Gasteiger partial charge in [0.15, 0.2) is 0 Å². The van der Waals surface area contributed by atoms with E-state index >= 15 is 0 Å². The molecule has 2 aliphatic rings. The highest BCUT2D eigenvalue weighted by Gasteiger charge is 2.30. The van der Waals surface area contributed by atoms with Crippen LogP contribution in [0.5, 0.6) is 0 Å². The van der Waals surface area contributed by atoms with Gasteiger partial charge in [0, 0.05) is 49.2 Å². The first-order valence-corrected chi connectivity index (χ1v) is 11.1. The van der Waals surface area contributed by atoms with Gasteiger partial charge in [0.1, 0.15) is 5.82 Å². The predicted octanol–water partition coefficient (Wildman–Crippen LogP) is 3.95. The van der Waals surface area contributed by atoms with Crippen LogP contribution in [0.1, 0.15) is 44.9 Å². The smallest absolute Gasteiger partial charge is 0.225 e. The maximum absolute atomic E-state index is 12.9. The average molecular weight is 393 g/mol. The van der Waals surface area contributed by atoms with E-state index in [0.29, 0.717) is 31.2 Å². The number of carbonyl (C=O) groups excluding carboxylic acids is 2. The molecule has 0 atom stereocenters. The summed E-state index contributed by atoms with van der Waals surface area (Å²) in [5, 5.41) is 0. The lowest BCUT2D eigenvalue weighted by Gasteiger charge is -2.34. The highest BCUT2D eigenvalue weighted by Crippen LogP contribution is 2.23. The first-order valence-electron chi connectivity index (χ1n) is 10.1. The number of amides is 2. The molecule has 0 bridgehead atoms. The Labute approximate surface area is 165 Å². The number of hydrogen-bond acceptors (Lipinski definition) is 3. The molecule has 1 aromatic carbocycles. The second-order valence-corrected chi connectivity index (χ2v) is 8.62. The van der Waals surface area contributed by atoms with Gasteiger partial charge >= 0.3 is 0 Å². The van der Waals surface area contributed by atoms with Crippen LogP contribution < -0.4 is 0 Å². The molecule has 1 aromatic rings. The Bertz CT molecular complexity index is 622. The van der Waals surface area contributed by atoms with Gasteiger partial charge in [0.25, 0.3) is 0 Å². The van der Waals surface area contributed by atoms with Crippen molar-refractivity contribution < 1.29 is 14.0 Å². The highest BCUT2D eigenvalue weighted by molar-refractivity contribution is 7.99. The molecular formula is C21H29FN2O2S. The molecule has 0 unspecified atom stereocenters. The van der Waals surface area contributed by atoms with Gasteiger partial charge < -0.3 is 9.80 Å². The first-order chi connectivity index (χ1) is 13.1. The van der Waals surface area contributed by atoms with E-state index < -0.39 is 0 Å². The van der Waals surface area contributed by atoms with Crippen LogP contribution in [0, 0.1) is 11.7 Å². The fraction of sp³-hybridized carbons (Fsp3) is 0.619. The van der Waals surface area contributed by atoms with Crippen molar-refractivity contribution in [2.45, 2.75) is 49.8 Å². The van der Waals surface area contributed by atoms with Gasteiger partial charge in [0.2, 0.25) is 11.8 Å². The lowest BCUT2D eigenvalue weighted by molar-refractivity contribution is -0.140. The molecule has 2 saturated heterocycles. The second-order valence-electron chi connectivity index (χ2n) is 7.45. The zero-order valence-electron chi connectivity index (χ0n) is 15.9. The summed E-state index contributed by atoms with van der Waals surface area (Å²) in [6.07, 6.45) is 6.74. The van der Waals surface area contributed by atoms with Crippen LogP contribution >= 0.6 is 11.8 Å². The maximum Gasteiger partial charge on any atom is 0.225 e. The van der Waals surface area contributed by atoms with Crippen LogP contribution in [0.2, 0.25) is 0 Å². The van der Waals surface area contributed by atoms with E-state index in [1.165, 1.54) is 25.0 Å². The Balaban J connectivity index is 1.38. The Morgan fingerprint density at radius 3 is 2.19 bits per heavy atom. The molecule has 0 aliphatic carbocycles. The summed E-state index contributed by atoms with van der Waals surface area (Å²) in [4.78, 5) is 30.1. The largest absolute Gasteiger partial charge is 0.343 e. The average Bonchev–Trinajstić information content (AvgIpc) is 2.98. The molecule has 4 nitrogen and oxygen atoms in total. The SMILES string of the molecule is O=C(CCSc1ccc(F)cc1)N1CCC(C(=O)N2CCCCCC2)CC1. The molecule has 2 heterocycles. The van der Waals surface area contributed by atoms with Gasteiger partial charge in [-0.1, -0.05) is 12.8 Å². The number of rotatable bonds is 5. The molecule has 2 amide bonds. The van der Waals surface area contributed by atoms with Crippen molar-refractivity contribution in [1.82, 2.24) is 9.80 Å². The number of benzene rings is 1. The van der Waals surface area contributed by atoms with Crippen LogP contribution in [0.25, 0.3) is 0 Å². The highest BCUT2D eigenvalue weighted by atomic mass is 32.2. The van der Waals surface area contributed by atoms with Crippen LogP contribution in [0.3, 0.4) is 0 Å². The Hall–Kier alpha value is -1.56. The number of hydrogen-bond donors (Lipinski definition) is 0. The molecule has 3 rings (SSSR count). The van der Waals surface area contributed by atoms with Crippen LogP contribution in [0.4, 0.5) is 4.39 Å².